The van der Waals surface area contributed by atoms with Gasteiger partial charge in [0, 0.05) is 11.8 Å². The Hall–Kier alpha value is -1.58. The minimum absolute atomic E-state index is 0.0170. The van der Waals surface area contributed by atoms with Gasteiger partial charge in [0.05, 0.1) is 18.9 Å². The molecule has 86 valence electrons. The maximum absolute atomic E-state index is 11.5. The van der Waals surface area contributed by atoms with Crippen LogP contribution in [0.3, 0.4) is 0 Å². The number of aldehydes is 1. The summed E-state index contributed by atoms with van der Waals surface area (Å²) in [6.07, 6.45) is 4.83. The summed E-state index contributed by atoms with van der Waals surface area (Å²) in [5.41, 5.74) is 1.26. The van der Waals surface area contributed by atoms with Crippen molar-refractivity contribution in [2.24, 2.45) is 11.8 Å². The molecule has 3 unspecified atom stereocenters. The van der Waals surface area contributed by atoms with E-state index in [0.29, 0.717) is 12.0 Å². The van der Waals surface area contributed by atoms with E-state index in [2.05, 4.69) is 0 Å². The number of allylic oxidation sites excluding steroid dienone is 1. The summed E-state index contributed by atoms with van der Waals surface area (Å²) in [5, 5.41) is 0. The van der Waals surface area contributed by atoms with Crippen molar-refractivity contribution >= 4 is 12.3 Å². The van der Waals surface area contributed by atoms with E-state index in [0.717, 1.165) is 11.9 Å². The summed E-state index contributed by atoms with van der Waals surface area (Å²) >= 11 is 0. The predicted octanol–water partition coefficient (Wildman–Crippen LogP) is 1.22. The number of fused-ring (bicyclic) bond motifs is 1. The molecule has 4 heteroatoms. The maximum Gasteiger partial charge on any atom is 0.337 e. The fraction of sp³-hybridized carbons (Fsp3) is 0.500. The molecule has 0 saturated carbocycles. The number of methoxy groups -OCH3 is 1. The Bertz CT molecular complexity index is 380. The second-order valence-corrected chi connectivity index (χ2v) is 4.10. The molecule has 0 radical (unpaired) electrons. The topological polar surface area (TPSA) is 52.6 Å². The normalized spacial score (nSPS) is 32.0. The van der Waals surface area contributed by atoms with Crippen LogP contribution in [-0.2, 0) is 19.1 Å². The summed E-state index contributed by atoms with van der Waals surface area (Å²) in [5.74, 6) is -0.365. The van der Waals surface area contributed by atoms with Crippen LogP contribution >= 0.6 is 0 Å². The van der Waals surface area contributed by atoms with E-state index in [1.807, 2.05) is 13.0 Å². The van der Waals surface area contributed by atoms with Crippen molar-refractivity contribution in [2.75, 3.05) is 7.11 Å². The van der Waals surface area contributed by atoms with E-state index >= 15 is 0 Å². The van der Waals surface area contributed by atoms with E-state index in [1.54, 1.807) is 0 Å². The number of esters is 1. The van der Waals surface area contributed by atoms with Gasteiger partial charge in [-0.2, -0.15) is 0 Å². The lowest BCUT2D eigenvalue weighted by Crippen LogP contribution is -2.33. The first-order valence-corrected chi connectivity index (χ1v) is 5.28. The smallest absolute Gasteiger partial charge is 0.337 e. The molecule has 0 amide bonds. The standard InChI is InChI=1S/C12H14O4/c1-7-11-8(5-13)3-4-9(11)10(6-16-7)12(14)15-2/h3,5-7,9,11H,4H2,1-2H3. The molecule has 0 aromatic heterocycles. The van der Waals surface area contributed by atoms with Crippen molar-refractivity contribution < 1.29 is 19.1 Å². The van der Waals surface area contributed by atoms with Crippen LogP contribution in [0.2, 0.25) is 0 Å². The molecule has 0 fully saturated rings. The van der Waals surface area contributed by atoms with E-state index in [9.17, 15) is 9.59 Å². The molecule has 16 heavy (non-hydrogen) atoms. The Morgan fingerprint density at radius 1 is 1.62 bits per heavy atom. The fourth-order valence-corrected chi connectivity index (χ4v) is 2.49. The Morgan fingerprint density at radius 3 is 3.00 bits per heavy atom. The maximum atomic E-state index is 11.5. The first-order chi connectivity index (χ1) is 7.69. The molecule has 0 aromatic carbocycles. The molecule has 0 saturated heterocycles. The predicted molar refractivity (Wildman–Crippen MR) is 56.4 cm³/mol. The SMILES string of the molecule is COC(=O)C1=COC(C)C2C(C=O)=CCC12. The molecular formula is C12H14O4. The number of hydrogen-bond acceptors (Lipinski definition) is 4. The van der Waals surface area contributed by atoms with Crippen LogP contribution in [0, 0.1) is 11.8 Å². The quantitative estimate of drug-likeness (QED) is 0.520. The van der Waals surface area contributed by atoms with E-state index < -0.39 is 0 Å². The molecule has 0 aromatic rings. The van der Waals surface area contributed by atoms with Crippen LogP contribution in [0.15, 0.2) is 23.5 Å². The second-order valence-electron chi connectivity index (χ2n) is 4.10. The highest BCUT2D eigenvalue weighted by Crippen LogP contribution is 2.42. The third-order valence-electron chi connectivity index (χ3n) is 3.30. The van der Waals surface area contributed by atoms with Crippen molar-refractivity contribution in [2.45, 2.75) is 19.4 Å². The van der Waals surface area contributed by atoms with Crippen LogP contribution in [0.1, 0.15) is 13.3 Å². The first-order valence-electron chi connectivity index (χ1n) is 5.28. The van der Waals surface area contributed by atoms with E-state index in [1.165, 1.54) is 13.4 Å². The highest BCUT2D eigenvalue weighted by Gasteiger charge is 2.42. The average molecular weight is 222 g/mol. The van der Waals surface area contributed by atoms with Gasteiger partial charge < -0.3 is 9.47 Å². The van der Waals surface area contributed by atoms with Crippen LogP contribution < -0.4 is 0 Å². The van der Waals surface area contributed by atoms with Crippen LogP contribution in [-0.4, -0.2) is 25.5 Å². The molecule has 1 heterocycles. The third-order valence-corrected chi connectivity index (χ3v) is 3.30. The zero-order valence-electron chi connectivity index (χ0n) is 9.30. The van der Waals surface area contributed by atoms with Gasteiger partial charge in [0.25, 0.3) is 0 Å². The van der Waals surface area contributed by atoms with Crippen LogP contribution in [0.4, 0.5) is 0 Å². The molecular weight excluding hydrogens is 208 g/mol. The molecule has 3 atom stereocenters. The molecule has 1 aliphatic heterocycles. The first kappa shape index (κ1) is 10.9. The van der Waals surface area contributed by atoms with Crippen molar-refractivity contribution in [1.29, 1.82) is 0 Å². The van der Waals surface area contributed by atoms with Crippen molar-refractivity contribution in [1.82, 2.24) is 0 Å². The Labute approximate surface area is 93.9 Å². The Kier molecular flexibility index (Phi) is 2.81. The van der Waals surface area contributed by atoms with Crippen LogP contribution in [0.25, 0.3) is 0 Å². The third kappa shape index (κ3) is 1.54. The Morgan fingerprint density at radius 2 is 2.38 bits per heavy atom. The van der Waals surface area contributed by atoms with Gasteiger partial charge in [-0.05, 0) is 18.9 Å². The summed E-state index contributed by atoms with van der Waals surface area (Å²) in [6, 6.07) is 0. The van der Waals surface area contributed by atoms with Gasteiger partial charge in [0.1, 0.15) is 12.4 Å². The lowest BCUT2D eigenvalue weighted by atomic mass is 9.81. The largest absolute Gasteiger partial charge is 0.497 e. The van der Waals surface area contributed by atoms with Gasteiger partial charge in [-0.25, -0.2) is 4.79 Å². The molecule has 0 N–H and O–H groups in total. The van der Waals surface area contributed by atoms with E-state index in [4.69, 9.17) is 9.47 Å². The zero-order valence-corrected chi connectivity index (χ0v) is 9.30. The number of hydrogen-bond donors (Lipinski definition) is 0. The van der Waals surface area contributed by atoms with Gasteiger partial charge in [-0.3, -0.25) is 4.79 Å². The van der Waals surface area contributed by atoms with Crippen molar-refractivity contribution in [3.63, 3.8) is 0 Å². The molecule has 2 aliphatic rings. The molecule has 2 rings (SSSR count). The van der Waals surface area contributed by atoms with Gasteiger partial charge in [-0.15, -0.1) is 0 Å². The number of rotatable bonds is 2. The van der Waals surface area contributed by atoms with Gasteiger partial charge in [-0.1, -0.05) is 6.08 Å². The van der Waals surface area contributed by atoms with E-state index in [-0.39, 0.29) is 23.9 Å². The minimum Gasteiger partial charge on any atom is -0.497 e. The number of ether oxygens (including phenoxy) is 2. The summed E-state index contributed by atoms with van der Waals surface area (Å²) in [7, 11) is 1.35. The minimum atomic E-state index is -0.373. The summed E-state index contributed by atoms with van der Waals surface area (Å²) in [4.78, 5) is 22.4. The summed E-state index contributed by atoms with van der Waals surface area (Å²) < 4.78 is 10.1. The Balaban J connectivity index is 2.29. The van der Waals surface area contributed by atoms with Gasteiger partial charge in [0.15, 0.2) is 0 Å². The highest BCUT2D eigenvalue weighted by atomic mass is 16.5. The van der Waals surface area contributed by atoms with Crippen LogP contribution in [0.5, 0.6) is 0 Å². The molecule has 0 bridgehead atoms. The highest BCUT2D eigenvalue weighted by molar-refractivity contribution is 5.90. The van der Waals surface area contributed by atoms with Gasteiger partial charge >= 0.3 is 5.97 Å². The molecule has 4 nitrogen and oxygen atoms in total. The zero-order chi connectivity index (χ0) is 11.7. The fourth-order valence-electron chi connectivity index (χ4n) is 2.49. The van der Waals surface area contributed by atoms with Gasteiger partial charge in [0.2, 0.25) is 0 Å². The molecule has 1 aliphatic carbocycles. The van der Waals surface area contributed by atoms with Crippen molar-refractivity contribution in [3.8, 4) is 0 Å². The average Bonchev–Trinajstić information content (AvgIpc) is 2.73. The number of carbonyl (C=O) groups is 2. The lowest BCUT2D eigenvalue weighted by Gasteiger charge is -2.32. The lowest BCUT2D eigenvalue weighted by molar-refractivity contribution is -0.137. The second kappa shape index (κ2) is 4.12. The molecule has 0 spiro atoms. The monoisotopic (exact) mass is 222 g/mol. The van der Waals surface area contributed by atoms with Crippen molar-refractivity contribution in [3.05, 3.63) is 23.5 Å². The number of carbonyl (C=O) groups excluding carboxylic acids is 2. The summed E-state index contributed by atoms with van der Waals surface area (Å²) in [6.45, 7) is 1.91.